The molecule has 0 fully saturated rings. The molecule has 4 aromatic rings. The average molecular weight is 444 g/mol. The minimum atomic E-state index is -0.360. The lowest BCUT2D eigenvalue weighted by Crippen LogP contribution is -2.35. The van der Waals surface area contributed by atoms with Gasteiger partial charge in [-0.05, 0) is 40.8 Å². The molecule has 3 aromatic carbocycles. The molecule has 0 aliphatic rings. The van der Waals surface area contributed by atoms with Gasteiger partial charge in [0.05, 0.1) is 10.9 Å². The summed E-state index contributed by atoms with van der Waals surface area (Å²) < 4.78 is 1.26. The van der Waals surface area contributed by atoms with E-state index in [-0.39, 0.29) is 16.9 Å². The maximum atomic E-state index is 13.2. The van der Waals surface area contributed by atoms with E-state index >= 15 is 0 Å². The molecule has 0 aliphatic heterocycles. The molecule has 0 spiro atoms. The van der Waals surface area contributed by atoms with Gasteiger partial charge >= 0.3 is 0 Å². The number of hydrogen-bond acceptors (Lipinski definition) is 4. The van der Waals surface area contributed by atoms with Crippen molar-refractivity contribution < 1.29 is 4.79 Å². The van der Waals surface area contributed by atoms with Gasteiger partial charge < -0.3 is 0 Å². The largest absolute Gasteiger partial charge is 0.281 e. The summed E-state index contributed by atoms with van der Waals surface area (Å²) in [5, 5.41) is 0.901. The van der Waals surface area contributed by atoms with E-state index < -0.39 is 0 Å². The summed E-state index contributed by atoms with van der Waals surface area (Å²) in [6.07, 6.45) is 0. The second-order valence-electron chi connectivity index (χ2n) is 8.59. The van der Waals surface area contributed by atoms with Crippen LogP contribution in [-0.4, -0.2) is 15.6 Å². The lowest BCUT2D eigenvalue weighted by Gasteiger charge is -2.19. The third kappa shape index (κ3) is 4.75. The Balaban J connectivity index is 1.66. The molecule has 0 atom stereocenters. The molecule has 1 N–H and O–H groups in total. The summed E-state index contributed by atoms with van der Waals surface area (Å²) in [5.41, 5.74) is 5.99. The number of nitrogens with zero attached hydrogens (tertiary/aromatic N) is 2. The highest BCUT2D eigenvalue weighted by Gasteiger charge is 2.16. The maximum absolute atomic E-state index is 13.2. The summed E-state index contributed by atoms with van der Waals surface area (Å²) in [7, 11) is 0. The van der Waals surface area contributed by atoms with E-state index in [0.29, 0.717) is 27.4 Å². The lowest BCUT2D eigenvalue weighted by atomic mass is 9.87. The Hall–Kier alpha value is -3.38. The fourth-order valence-electron chi connectivity index (χ4n) is 3.31. The first-order valence-electron chi connectivity index (χ1n) is 10.4. The highest BCUT2D eigenvalue weighted by atomic mass is 32.2. The van der Waals surface area contributed by atoms with Crippen molar-refractivity contribution in [1.82, 2.24) is 9.66 Å². The first-order valence-corrected chi connectivity index (χ1v) is 11.4. The number of hydrogen-bond donors (Lipinski definition) is 1. The number of carbonyl (C=O) groups is 1. The van der Waals surface area contributed by atoms with E-state index in [1.807, 2.05) is 18.2 Å². The number of fused-ring (bicyclic) bond motifs is 1. The Bertz CT molecular complexity index is 1310. The van der Waals surface area contributed by atoms with Crippen molar-refractivity contribution in [2.75, 3.05) is 5.43 Å². The topological polar surface area (TPSA) is 64.0 Å². The number of aromatic nitrogens is 2. The van der Waals surface area contributed by atoms with Gasteiger partial charge in [0.2, 0.25) is 0 Å². The van der Waals surface area contributed by atoms with Crippen molar-refractivity contribution in [3.63, 3.8) is 0 Å². The van der Waals surface area contributed by atoms with Crippen LogP contribution in [0.3, 0.4) is 0 Å². The molecule has 6 heteroatoms. The molecule has 0 saturated carbocycles. The maximum Gasteiger partial charge on any atom is 0.281 e. The number of rotatable bonds is 5. The average Bonchev–Trinajstić information content (AvgIpc) is 2.80. The van der Waals surface area contributed by atoms with Crippen LogP contribution in [0.15, 0.2) is 88.8 Å². The van der Waals surface area contributed by atoms with Gasteiger partial charge in [-0.15, -0.1) is 0 Å². The second kappa shape index (κ2) is 9.01. The van der Waals surface area contributed by atoms with Crippen LogP contribution in [0.4, 0.5) is 0 Å². The zero-order valence-electron chi connectivity index (χ0n) is 18.3. The lowest BCUT2D eigenvalue weighted by molar-refractivity contribution is 0.100. The van der Waals surface area contributed by atoms with Crippen LogP contribution in [0, 0.1) is 0 Å². The van der Waals surface area contributed by atoms with Crippen molar-refractivity contribution in [2.24, 2.45) is 0 Å². The smallest absolute Gasteiger partial charge is 0.267 e. The SMILES string of the molecule is CC(C)(C)c1ccc(CSc2nc3ccccc3c(=O)n2NC(=O)c2ccccc2)cc1. The molecule has 5 nitrogen and oxygen atoms in total. The molecule has 1 heterocycles. The zero-order chi connectivity index (χ0) is 22.7. The van der Waals surface area contributed by atoms with Gasteiger partial charge in [-0.2, -0.15) is 4.68 Å². The van der Waals surface area contributed by atoms with Crippen LogP contribution >= 0.6 is 11.8 Å². The summed E-state index contributed by atoms with van der Waals surface area (Å²) in [6.45, 7) is 6.55. The summed E-state index contributed by atoms with van der Waals surface area (Å²) in [5.74, 6) is 0.261. The van der Waals surface area contributed by atoms with Crippen LogP contribution in [0.25, 0.3) is 10.9 Å². The molecular formula is C26H25N3O2S. The molecule has 32 heavy (non-hydrogen) atoms. The molecule has 0 bridgehead atoms. The molecule has 0 radical (unpaired) electrons. The monoisotopic (exact) mass is 443 g/mol. The molecule has 0 aliphatic carbocycles. The second-order valence-corrected chi connectivity index (χ2v) is 9.54. The van der Waals surface area contributed by atoms with Crippen LogP contribution in [0.1, 0.15) is 42.3 Å². The van der Waals surface area contributed by atoms with Crippen molar-refractivity contribution in [3.8, 4) is 0 Å². The summed E-state index contributed by atoms with van der Waals surface area (Å²) >= 11 is 1.42. The Labute approximate surface area is 191 Å². The van der Waals surface area contributed by atoms with Crippen LogP contribution in [0.5, 0.6) is 0 Å². The highest BCUT2D eigenvalue weighted by molar-refractivity contribution is 7.98. The molecule has 1 amide bonds. The Morgan fingerprint density at radius 3 is 2.28 bits per heavy atom. The van der Waals surface area contributed by atoms with Gasteiger partial charge in [0, 0.05) is 11.3 Å². The predicted molar refractivity (Wildman–Crippen MR) is 131 cm³/mol. The summed E-state index contributed by atoms with van der Waals surface area (Å²) in [4.78, 5) is 30.6. The normalized spacial score (nSPS) is 11.5. The molecule has 0 unspecified atom stereocenters. The first kappa shape index (κ1) is 21.8. The Morgan fingerprint density at radius 2 is 1.59 bits per heavy atom. The standard InChI is InChI=1S/C26H25N3O2S/c1-26(2,3)20-15-13-18(14-16-20)17-32-25-27-22-12-8-7-11-21(22)24(31)29(25)28-23(30)19-9-5-4-6-10-19/h4-16H,17H2,1-3H3,(H,28,30). The third-order valence-electron chi connectivity index (χ3n) is 5.18. The van der Waals surface area contributed by atoms with Gasteiger partial charge in [-0.25, -0.2) is 4.98 Å². The van der Waals surface area contributed by atoms with E-state index in [1.165, 1.54) is 22.0 Å². The van der Waals surface area contributed by atoms with E-state index in [1.54, 1.807) is 36.4 Å². The van der Waals surface area contributed by atoms with Gasteiger partial charge in [0.1, 0.15) is 0 Å². The number of para-hydroxylation sites is 1. The van der Waals surface area contributed by atoms with Crippen LogP contribution in [0.2, 0.25) is 0 Å². The number of nitrogens with one attached hydrogen (secondary N) is 1. The van der Waals surface area contributed by atoms with Gasteiger partial charge in [-0.3, -0.25) is 15.0 Å². The fourth-order valence-corrected chi connectivity index (χ4v) is 4.22. The van der Waals surface area contributed by atoms with Crippen LogP contribution < -0.4 is 11.0 Å². The fraction of sp³-hybridized carbons (Fsp3) is 0.192. The zero-order valence-corrected chi connectivity index (χ0v) is 19.1. The third-order valence-corrected chi connectivity index (χ3v) is 6.19. The molecule has 0 saturated heterocycles. The van der Waals surface area contributed by atoms with Gasteiger partial charge in [-0.1, -0.05) is 87.1 Å². The van der Waals surface area contributed by atoms with E-state index in [0.717, 1.165) is 5.56 Å². The minimum absolute atomic E-state index is 0.0910. The summed E-state index contributed by atoms with van der Waals surface area (Å²) in [6, 6.07) is 24.4. The van der Waals surface area contributed by atoms with Crippen molar-refractivity contribution in [2.45, 2.75) is 37.1 Å². The molecule has 4 rings (SSSR count). The number of carbonyl (C=O) groups excluding carboxylic acids is 1. The molecular weight excluding hydrogens is 418 g/mol. The van der Waals surface area contributed by atoms with E-state index in [4.69, 9.17) is 0 Å². The van der Waals surface area contributed by atoms with Crippen LogP contribution in [-0.2, 0) is 11.2 Å². The number of benzene rings is 3. The number of thioether (sulfide) groups is 1. The predicted octanol–water partition coefficient (Wildman–Crippen LogP) is 5.37. The quantitative estimate of drug-likeness (QED) is 0.333. The van der Waals surface area contributed by atoms with E-state index in [9.17, 15) is 9.59 Å². The molecule has 1 aromatic heterocycles. The van der Waals surface area contributed by atoms with Gasteiger partial charge in [0.15, 0.2) is 5.16 Å². The highest BCUT2D eigenvalue weighted by Crippen LogP contribution is 2.25. The van der Waals surface area contributed by atoms with Crippen molar-refractivity contribution >= 4 is 28.6 Å². The van der Waals surface area contributed by atoms with Crippen molar-refractivity contribution in [1.29, 1.82) is 0 Å². The minimum Gasteiger partial charge on any atom is -0.267 e. The Kier molecular flexibility index (Phi) is 6.15. The number of amides is 1. The van der Waals surface area contributed by atoms with E-state index in [2.05, 4.69) is 55.4 Å². The molecule has 162 valence electrons. The first-order chi connectivity index (χ1) is 15.3. The van der Waals surface area contributed by atoms with Crippen molar-refractivity contribution in [3.05, 3.63) is 106 Å². The Morgan fingerprint density at radius 1 is 0.938 bits per heavy atom. The van der Waals surface area contributed by atoms with Gasteiger partial charge in [0.25, 0.3) is 11.5 Å².